The molecule has 0 aromatic heterocycles. The van der Waals surface area contributed by atoms with Crippen LogP contribution >= 0.6 is 0 Å². The van der Waals surface area contributed by atoms with Gasteiger partial charge in [0, 0.05) is 23.2 Å². The van der Waals surface area contributed by atoms with E-state index in [0.717, 1.165) is 38.5 Å². The Bertz CT molecular complexity index is 481. The number of carboxylic acid groups (broad SMARTS) is 1. The summed E-state index contributed by atoms with van der Waals surface area (Å²) < 4.78 is 0. The van der Waals surface area contributed by atoms with Gasteiger partial charge in [-0.25, -0.2) is 4.79 Å². The van der Waals surface area contributed by atoms with E-state index in [9.17, 15) is 14.7 Å². The standard InChI is InChI=1S/C20H31NO3/c22-19(17-13-7-8-14-18(17)20(23)24)21(15-9-3-1-4-10-15)16-11-5-2-6-12-16/h15-16H,1-14H2,(H,23,24). The maximum atomic E-state index is 13.4. The fourth-order valence-corrected chi connectivity index (χ4v) is 4.88. The topological polar surface area (TPSA) is 57.6 Å². The largest absolute Gasteiger partial charge is 0.478 e. The lowest BCUT2D eigenvalue weighted by molar-refractivity contribution is -0.136. The highest BCUT2D eigenvalue weighted by atomic mass is 16.4. The number of carbonyl (C=O) groups is 2. The molecule has 3 aliphatic carbocycles. The summed E-state index contributed by atoms with van der Waals surface area (Å²) in [5.41, 5.74) is 1.01. The first kappa shape index (κ1) is 17.5. The first-order valence-corrected chi connectivity index (χ1v) is 9.96. The van der Waals surface area contributed by atoms with Gasteiger partial charge in [-0.2, -0.15) is 0 Å². The summed E-state index contributed by atoms with van der Waals surface area (Å²) in [7, 11) is 0. The van der Waals surface area contributed by atoms with Crippen LogP contribution in [0.4, 0.5) is 0 Å². The summed E-state index contributed by atoms with van der Waals surface area (Å²) in [5.74, 6) is -0.823. The molecule has 1 amide bonds. The highest BCUT2D eigenvalue weighted by Crippen LogP contribution is 2.34. The van der Waals surface area contributed by atoms with Crippen molar-refractivity contribution in [2.24, 2.45) is 0 Å². The van der Waals surface area contributed by atoms with Crippen LogP contribution in [0, 0.1) is 0 Å². The molecule has 0 aromatic rings. The van der Waals surface area contributed by atoms with Crippen molar-refractivity contribution >= 4 is 11.9 Å². The molecule has 0 spiro atoms. The second-order valence-electron chi connectivity index (χ2n) is 7.77. The van der Waals surface area contributed by atoms with Crippen molar-refractivity contribution in [3.05, 3.63) is 11.1 Å². The van der Waals surface area contributed by atoms with Gasteiger partial charge in [-0.1, -0.05) is 38.5 Å². The predicted octanol–water partition coefficient (Wildman–Crippen LogP) is 4.44. The Morgan fingerprint density at radius 3 is 1.62 bits per heavy atom. The highest BCUT2D eigenvalue weighted by molar-refractivity contribution is 6.02. The molecule has 0 aromatic carbocycles. The van der Waals surface area contributed by atoms with Crippen molar-refractivity contribution in [1.29, 1.82) is 0 Å². The third-order valence-corrected chi connectivity index (χ3v) is 6.15. The molecule has 0 radical (unpaired) electrons. The summed E-state index contributed by atoms with van der Waals surface area (Å²) >= 11 is 0. The molecule has 3 aliphatic rings. The molecule has 0 saturated heterocycles. The van der Waals surface area contributed by atoms with Crippen molar-refractivity contribution in [3.8, 4) is 0 Å². The van der Waals surface area contributed by atoms with Crippen LogP contribution in [0.3, 0.4) is 0 Å². The first-order valence-electron chi connectivity index (χ1n) is 9.96. The number of hydrogen-bond acceptors (Lipinski definition) is 2. The van der Waals surface area contributed by atoms with Crippen LogP contribution in [0.15, 0.2) is 11.1 Å². The molecule has 0 atom stereocenters. The Kier molecular flexibility index (Phi) is 5.96. The van der Waals surface area contributed by atoms with Crippen molar-refractivity contribution in [1.82, 2.24) is 4.90 Å². The van der Waals surface area contributed by atoms with Crippen molar-refractivity contribution < 1.29 is 14.7 Å². The molecule has 0 aliphatic heterocycles. The molecular formula is C20H31NO3. The Morgan fingerprint density at radius 2 is 1.17 bits per heavy atom. The SMILES string of the molecule is O=C(O)C1=C(C(=O)N(C2CCCCC2)C2CCCCC2)CCCC1. The molecule has 2 saturated carbocycles. The van der Waals surface area contributed by atoms with Crippen molar-refractivity contribution in [2.45, 2.75) is 102 Å². The minimum absolute atomic E-state index is 0.0610. The molecule has 4 heteroatoms. The fourth-order valence-electron chi connectivity index (χ4n) is 4.88. The quantitative estimate of drug-likeness (QED) is 0.827. The summed E-state index contributed by atoms with van der Waals surface area (Å²) in [6, 6.07) is 0.664. The van der Waals surface area contributed by atoms with E-state index in [2.05, 4.69) is 4.90 Å². The van der Waals surface area contributed by atoms with Crippen molar-refractivity contribution in [2.75, 3.05) is 0 Å². The van der Waals surface area contributed by atoms with Crippen LogP contribution in [-0.4, -0.2) is 34.0 Å². The molecular weight excluding hydrogens is 302 g/mol. The zero-order valence-corrected chi connectivity index (χ0v) is 14.8. The van der Waals surface area contributed by atoms with Crippen molar-refractivity contribution in [3.63, 3.8) is 0 Å². The maximum Gasteiger partial charge on any atom is 0.332 e. The molecule has 1 N–H and O–H groups in total. The Hall–Kier alpha value is -1.32. The smallest absolute Gasteiger partial charge is 0.332 e. The summed E-state index contributed by atoms with van der Waals surface area (Å²) in [5, 5.41) is 9.53. The molecule has 134 valence electrons. The first-order chi connectivity index (χ1) is 11.7. The fraction of sp³-hybridized carbons (Fsp3) is 0.800. The predicted molar refractivity (Wildman–Crippen MR) is 93.7 cm³/mol. The van der Waals surface area contributed by atoms with Gasteiger partial charge in [-0.05, 0) is 51.4 Å². The third-order valence-electron chi connectivity index (χ3n) is 6.15. The van der Waals surface area contributed by atoms with Gasteiger partial charge in [0.05, 0.1) is 0 Å². The van der Waals surface area contributed by atoms with Crippen LogP contribution in [0.25, 0.3) is 0 Å². The van der Waals surface area contributed by atoms with Gasteiger partial charge in [-0.15, -0.1) is 0 Å². The normalized spacial score (nSPS) is 24.0. The number of hydrogen-bond donors (Lipinski definition) is 1. The molecule has 3 rings (SSSR count). The number of rotatable bonds is 4. The highest BCUT2D eigenvalue weighted by Gasteiger charge is 2.36. The summed E-state index contributed by atoms with van der Waals surface area (Å²) in [6.45, 7) is 0. The van der Waals surface area contributed by atoms with E-state index in [1.165, 1.54) is 38.5 Å². The zero-order chi connectivity index (χ0) is 16.9. The van der Waals surface area contributed by atoms with E-state index in [4.69, 9.17) is 0 Å². The maximum absolute atomic E-state index is 13.4. The molecule has 24 heavy (non-hydrogen) atoms. The van der Waals surface area contributed by atoms with Gasteiger partial charge in [0.15, 0.2) is 0 Å². The number of carbonyl (C=O) groups excluding carboxylic acids is 1. The minimum atomic E-state index is -0.884. The Morgan fingerprint density at radius 1 is 0.708 bits per heavy atom. The van der Waals surface area contributed by atoms with Gasteiger partial charge in [0.2, 0.25) is 0 Å². The summed E-state index contributed by atoms with van der Waals surface area (Å²) in [4.78, 5) is 27.2. The van der Waals surface area contributed by atoms with E-state index in [1.54, 1.807) is 0 Å². The monoisotopic (exact) mass is 333 g/mol. The van der Waals surface area contributed by atoms with E-state index in [1.807, 2.05) is 0 Å². The molecule has 0 bridgehead atoms. The van der Waals surface area contributed by atoms with Gasteiger partial charge in [0.1, 0.15) is 0 Å². The summed E-state index contributed by atoms with van der Waals surface area (Å²) in [6.07, 6.45) is 14.8. The van der Waals surface area contributed by atoms with Gasteiger partial charge >= 0.3 is 5.97 Å². The van der Waals surface area contributed by atoms with Crippen LogP contribution in [0.1, 0.15) is 89.9 Å². The lowest BCUT2D eigenvalue weighted by atomic mass is 9.85. The van der Waals surface area contributed by atoms with Gasteiger partial charge in [0.25, 0.3) is 5.91 Å². The second kappa shape index (κ2) is 8.17. The number of carboxylic acids is 1. The van der Waals surface area contributed by atoms with E-state index in [0.29, 0.717) is 36.1 Å². The van der Waals surface area contributed by atoms with Gasteiger partial charge < -0.3 is 10.0 Å². The zero-order valence-electron chi connectivity index (χ0n) is 14.8. The molecule has 0 unspecified atom stereocenters. The average molecular weight is 333 g/mol. The number of amides is 1. The molecule has 2 fully saturated rings. The average Bonchev–Trinajstić information content (AvgIpc) is 2.63. The Balaban J connectivity index is 1.88. The number of aliphatic carboxylic acids is 1. The second-order valence-corrected chi connectivity index (χ2v) is 7.77. The van der Waals surface area contributed by atoms with Crippen LogP contribution < -0.4 is 0 Å². The van der Waals surface area contributed by atoms with E-state index >= 15 is 0 Å². The minimum Gasteiger partial charge on any atom is -0.478 e. The number of nitrogens with zero attached hydrogens (tertiary/aromatic N) is 1. The van der Waals surface area contributed by atoms with E-state index < -0.39 is 5.97 Å². The van der Waals surface area contributed by atoms with Crippen LogP contribution in [0.5, 0.6) is 0 Å². The molecule has 0 heterocycles. The molecule has 4 nitrogen and oxygen atoms in total. The van der Waals surface area contributed by atoms with E-state index in [-0.39, 0.29) is 5.91 Å². The van der Waals surface area contributed by atoms with Crippen LogP contribution in [-0.2, 0) is 9.59 Å². The Labute approximate surface area is 145 Å². The lowest BCUT2D eigenvalue weighted by Crippen LogP contribution is -2.49. The van der Waals surface area contributed by atoms with Gasteiger partial charge in [-0.3, -0.25) is 4.79 Å². The lowest BCUT2D eigenvalue weighted by Gasteiger charge is -2.42. The third kappa shape index (κ3) is 3.84. The van der Waals surface area contributed by atoms with Crippen LogP contribution in [0.2, 0.25) is 0 Å².